The normalized spacial score (nSPS) is 13.1. The molecular weight excluding hydrogens is 424 g/mol. The molecule has 0 fully saturated rings. The molecule has 0 nitrogen and oxygen atoms in total. The van der Waals surface area contributed by atoms with Crippen LogP contribution in [0, 0.1) is 0 Å². The molecule has 0 saturated heterocycles. The van der Waals surface area contributed by atoms with Gasteiger partial charge >= 0.3 is 0 Å². The third-order valence-corrected chi connectivity index (χ3v) is 10.7. The molecule has 172 valence electrons. The molecule has 0 heterocycles. The van der Waals surface area contributed by atoms with Gasteiger partial charge in [0.2, 0.25) is 0 Å². The molecule has 4 aromatic rings. The second-order valence-electron chi connectivity index (χ2n) is 11.9. The summed E-state index contributed by atoms with van der Waals surface area (Å²) in [6, 6.07) is 34.6. The Morgan fingerprint density at radius 2 is 1.15 bits per heavy atom. The molecule has 0 N–H and O–H groups in total. The molecule has 0 aromatic heterocycles. The van der Waals surface area contributed by atoms with Gasteiger partial charge in [0.15, 0.2) is 0 Å². The van der Waals surface area contributed by atoms with Gasteiger partial charge < -0.3 is 0 Å². The fourth-order valence-electron chi connectivity index (χ4n) is 5.57. The highest BCUT2D eigenvalue weighted by molar-refractivity contribution is 6.96. The quantitative estimate of drug-likeness (QED) is 0.225. The first-order valence-corrected chi connectivity index (χ1v) is 14.3. The van der Waals surface area contributed by atoms with Gasteiger partial charge in [0, 0.05) is 0 Å². The Morgan fingerprint density at radius 1 is 0.588 bits per heavy atom. The van der Waals surface area contributed by atoms with Crippen molar-refractivity contribution < 1.29 is 0 Å². The Bertz CT molecular complexity index is 1280. The second kappa shape index (κ2) is 8.39. The minimum absolute atomic E-state index is 0.0878. The zero-order valence-corrected chi connectivity index (χ0v) is 22.6. The van der Waals surface area contributed by atoms with E-state index in [4.69, 9.17) is 0 Å². The summed E-state index contributed by atoms with van der Waals surface area (Å²) in [6.45, 7) is 14.1. The maximum atomic E-state index is 2.47. The van der Waals surface area contributed by atoms with Crippen LogP contribution in [0.3, 0.4) is 0 Å². The Morgan fingerprint density at radius 3 is 1.68 bits per heavy atom. The van der Waals surface area contributed by atoms with Crippen molar-refractivity contribution in [3.8, 4) is 11.1 Å². The molecule has 0 aliphatic heterocycles. The van der Waals surface area contributed by atoms with Gasteiger partial charge in [0.25, 0.3) is 0 Å². The standard InChI is InChI=1S/C33H36Si/c1-32(2,3)24-17-18-27-23(21-24)22-29-28(27)19-20-30(33(4,5)6)31(29)34(25-13-9-7-10-14-25)26-15-11-8-12-16-26/h7-21,34H,22H2,1-6H3. The molecule has 34 heavy (non-hydrogen) atoms. The summed E-state index contributed by atoms with van der Waals surface area (Å²) in [4.78, 5) is 0. The average molecular weight is 461 g/mol. The molecule has 1 heteroatoms. The summed E-state index contributed by atoms with van der Waals surface area (Å²) in [6.07, 6.45) is 1.04. The predicted molar refractivity (Wildman–Crippen MR) is 151 cm³/mol. The van der Waals surface area contributed by atoms with E-state index in [0.717, 1.165) is 6.42 Å². The van der Waals surface area contributed by atoms with Crippen LogP contribution in [-0.4, -0.2) is 8.80 Å². The Labute approximate surface area is 207 Å². The summed E-state index contributed by atoms with van der Waals surface area (Å²) in [7, 11) is -1.67. The molecule has 0 radical (unpaired) electrons. The molecule has 1 aliphatic rings. The zero-order chi connectivity index (χ0) is 24.1. The summed E-state index contributed by atoms with van der Waals surface area (Å²) in [5, 5.41) is 4.63. The van der Waals surface area contributed by atoms with E-state index in [9.17, 15) is 0 Å². The van der Waals surface area contributed by atoms with Crippen molar-refractivity contribution in [2.24, 2.45) is 0 Å². The van der Waals surface area contributed by atoms with Gasteiger partial charge in [-0.25, -0.2) is 0 Å². The molecule has 0 amide bonds. The Balaban J connectivity index is 1.78. The predicted octanol–water partition coefficient (Wildman–Crippen LogP) is 6.10. The van der Waals surface area contributed by atoms with Gasteiger partial charge in [-0.3, -0.25) is 0 Å². The lowest BCUT2D eigenvalue weighted by atomic mass is 9.85. The number of rotatable bonds is 3. The van der Waals surface area contributed by atoms with E-state index in [0.29, 0.717) is 0 Å². The third-order valence-electron chi connectivity index (χ3n) is 7.35. The van der Waals surface area contributed by atoms with Crippen LogP contribution in [0.15, 0.2) is 91.0 Å². The highest BCUT2D eigenvalue weighted by Gasteiger charge is 2.33. The van der Waals surface area contributed by atoms with E-state index < -0.39 is 8.80 Å². The van der Waals surface area contributed by atoms with Crippen LogP contribution in [0.2, 0.25) is 0 Å². The zero-order valence-electron chi connectivity index (χ0n) is 21.4. The maximum absolute atomic E-state index is 2.47. The summed E-state index contributed by atoms with van der Waals surface area (Å²) in [5.74, 6) is 0. The minimum atomic E-state index is -1.67. The smallest absolute Gasteiger partial charge is 0.0625 e. The summed E-state index contributed by atoms with van der Waals surface area (Å²) >= 11 is 0. The second-order valence-corrected chi connectivity index (χ2v) is 14.6. The van der Waals surface area contributed by atoms with Gasteiger partial charge in [0.05, 0.1) is 0 Å². The van der Waals surface area contributed by atoms with Crippen LogP contribution < -0.4 is 15.6 Å². The van der Waals surface area contributed by atoms with E-state index in [1.807, 2.05) is 0 Å². The molecule has 4 aromatic carbocycles. The lowest BCUT2D eigenvalue weighted by molar-refractivity contribution is 0.590. The fourth-order valence-corrected chi connectivity index (χ4v) is 9.28. The first-order valence-electron chi connectivity index (χ1n) is 12.5. The van der Waals surface area contributed by atoms with Crippen LogP contribution in [0.4, 0.5) is 0 Å². The van der Waals surface area contributed by atoms with Crippen molar-refractivity contribution in [1.82, 2.24) is 0 Å². The van der Waals surface area contributed by atoms with E-state index in [-0.39, 0.29) is 10.8 Å². The van der Waals surface area contributed by atoms with Crippen LogP contribution in [0.1, 0.15) is 63.8 Å². The van der Waals surface area contributed by atoms with Gasteiger partial charge in [-0.05, 0) is 55.8 Å². The summed E-state index contributed by atoms with van der Waals surface area (Å²) in [5.41, 5.74) is 9.12. The van der Waals surface area contributed by atoms with Gasteiger partial charge in [-0.2, -0.15) is 0 Å². The van der Waals surface area contributed by atoms with Crippen molar-refractivity contribution >= 4 is 24.4 Å². The van der Waals surface area contributed by atoms with Gasteiger partial charge in [-0.15, -0.1) is 0 Å². The van der Waals surface area contributed by atoms with Gasteiger partial charge in [-0.1, -0.05) is 143 Å². The van der Waals surface area contributed by atoms with Crippen molar-refractivity contribution in [1.29, 1.82) is 0 Å². The number of benzene rings is 4. The lowest BCUT2D eigenvalue weighted by Gasteiger charge is -2.30. The number of hydrogen-bond acceptors (Lipinski definition) is 0. The molecule has 0 atom stereocenters. The van der Waals surface area contributed by atoms with Crippen LogP contribution >= 0.6 is 0 Å². The topological polar surface area (TPSA) is 0 Å². The van der Waals surface area contributed by atoms with E-state index in [1.54, 1.807) is 10.8 Å². The molecule has 0 unspecified atom stereocenters. The van der Waals surface area contributed by atoms with Crippen molar-refractivity contribution in [2.75, 3.05) is 0 Å². The number of hydrogen-bond donors (Lipinski definition) is 0. The molecular formula is C33H36Si. The fraction of sp³-hybridized carbons (Fsp3) is 0.273. The van der Waals surface area contributed by atoms with Crippen molar-refractivity contribution in [2.45, 2.75) is 58.8 Å². The first kappa shape index (κ1) is 22.9. The van der Waals surface area contributed by atoms with E-state index in [2.05, 4.69) is 133 Å². The maximum Gasteiger partial charge on any atom is 0.133 e. The molecule has 0 spiro atoms. The largest absolute Gasteiger partial charge is 0.133 e. The van der Waals surface area contributed by atoms with Crippen molar-refractivity contribution in [3.05, 3.63) is 113 Å². The van der Waals surface area contributed by atoms with E-state index >= 15 is 0 Å². The third kappa shape index (κ3) is 4.07. The summed E-state index contributed by atoms with van der Waals surface area (Å²) < 4.78 is 0. The Hall–Kier alpha value is -2.90. The average Bonchev–Trinajstić information content (AvgIpc) is 3.18. The first-order chi connectivity index (χ1) is 16.1. The highest BCUT2D eigenvalue weighted by atomic mass is 28.3. The SMILES string of the molecule is CC(C)(C)c1ccc2c(c1)Cc1c-2ccc(C(C)(C)C)c1[SiH](c1ccccc1)c1ccccc1. The van der Waals surface area contributed by atoms with E-state index in [1.165, 1.54) is 38.2 Å². The van der Waals surface area contributed by atoms with Crippen molar-refractivity contribution in [3.63, 3.8) is 0 Å². The molecule has 1 aliphatic carbocycles. The Kier molecular flexibility index (Phi) is 5.65. The number of fused-ring (bicyclic) bond motifs is 3. The highest BCUT2D eigenvalue weighted by Crippen LogP contribution is 2.40. The van der Waals surface area contributed by atoms with Crippen LogP contribution in [-0.2, 0) is 17.3 Å². The molecule has 5 rings (SSSR count). The molecule has 0 bridgehead atoms. The lowest BCUT2D eigenvalue weighted by Crippen LogP contribution is -2.55. The van der Waals surface area contributed by atoms with Crippen LogP contribution in [0.25, 0.3) is 11.1 Å². The van der Waals surface area contributed by atoms with Gasteiger partial charge in [0.1, 0.15) is 8.80 Å². The monoisotopic (exact) mass is 460 g/mol. The minimum Gasteiger partial charge on any atom is -0.0625 e. The molecule has 0 saturated carbocycles. The van der Waals surface area contributed by atoms with Crippen LogP contribution in [0.5, 0.6) is 0 Å².